The highest BCUT2D eigenvalue weighted by Gasteiger charge is 2.31. The summed E-state index contributed by atoms with van der Waals surface area (Å²) in [5.41, 5.74) is 1.22. The second-order valence-electron chi connectivity index (χ2n) is 5.40. The second kappa shape index (κ2) is 5.31. The standard InChI is InChI=1S/C13H20N4O2S/c1-10-13(12(16-15-10)9-14-11-5-6-11)20(18,19)17-7-3-2-4-8-17/h2-3,11,14H,4-9H2,1H3,(H,15,16). The summed E-state index contributed by atoms with van der Waals surface area (Å²) < 4.78 is 27.0. The van der Waals surface area contributed by atoms with Crippen LogP contribution in [-0.2, 0) is 16.6 Å². The Morgan fingerprint density at radius 3 is 2.90 bits per heavy atom. The van der Waals surface area contributed by atoms with Gasteiger partial charge in [0.2, 0.25) is 10.0 Å². The molecule has 0 unspecified atom stereocenters. The number of aromatic amines is 1. The first-order valence-electron chi connectivity index (χ1n) is 7.01. The largest absolute Gasteiger partial charge is 0.308 e. The third-order valence-electron chi connectivity index (χ3n) is 3.72. The zero-order valence-electron chi connectivity index (χ0n) is 11.6. The number of hydrogen-bond acceptors (Lipinski definition) is 4. The summed E-state index contributed by atoms with van der Waals surface area (Å²) in [4.78, 5) is 0.348. The van der Waals surface area contributed by atoms with E-state index in [9.17, 15) is 8.42 Å². The second-order valence-corrected chi connectivity index (χ2v) is 7.28. The van der Waals surface area contributed by atoms with Crippen molar-refractivity contribution in [3.8, 4) is 0 Å². The molecule has 110 valence electrons. The molecule has 0 atom stereocenters. The zero-order chi connectivity index (χ0) is 14.2. The molecule has 2 heterocycles. The first kappa shape index (κ1) is 13.8. The van der Waals surface area contributed by atoms with Crippen molar-refractivity contribution in [2.75, 3.05) is 13.1 Å². The Balaban J connectivity index is 1.86. The minimum absolute atomic E-state index is 0.348. The molecule has 1 aromatic heterocycles. The first-order valence-corrected chi connectivity index (χ1v) is 8.45. The molecule has 3 rings (SSSR count). The number of aromatic nitrogens is 2. The lowest BCUT2D eigenvalue weighted by Crippen LogP contribution is -2.34. The summed E-state index contributed by atoms with van der Waals surface area (Å²) in [6.07, 6.45) is 7.03. The van der Waals surface area contributed by atoms with Crippen molar-refractivity contribution in [2.24, 2.45) is 0 Å². The van der Waals surface area contributed by atoms with Crippen molar-refractivity contribution in [1.82, 2.24) is 19.8 Å². The molecule has 0 aromatic carbocycles. The average molecular weight is 296 g/mol. The fourth-order valence-electron chi connectivity index (χ4n) is 2.43. The molecule has 0 spiro atoms. The van der Waals surface area contributed by atoms with E-state index in [1.807, 2.05) is 12.2 Å². The Labute approximate surface area is 119 Å². The smallest absolute Gasteiger partial charge is 0.247 e. The van der Waals surface area contributed by atoms with Gasteiger partial charge in [-0.25, -0.2) is 8.42 Å². The van der Waals surface area contributed by atoms with E-state index in [0.29, 0.717) is 42.0 Å². The molecule has 0 saturated heterocycles. The summed E-state index contributed by atoms with van der Waals surface area (Å²) in [5.74, 6) is 0. The van der Waals surface area contributed by atoms with E-state index in [-0.39, 0.29) is 0 Å². The topological polar surface area (TPSA) is 78.1 Å². The molecule has 7 heteroatoms. The third-order valence-corrected chi connectivity index (χ3v) is 5.78. The van der Waals surface area contributed by atoms with E-state index in [0.717, 1.165) is 6.42 Å². The molecular weight excluding hydrogens is 276 g/mol. The Morgan fingerprint density at radius 2 is 2.25 bits per heavy atom. The molecule has 0 radical (unpaired) electrons. The van der Waals surface area contributed by atoms with Gasteiger partial charge in [0.05, 0.1) is 11.4 Å². The van der Waals surface area contributed by atoms with Crippen molar-refractivity contribution in [2.45, 2.75) is 43.7 Å². The Hall–Kier alpha value is -1.18. The Morgan fingerprint density at radius 1 is 1.45 bits per heavy atom. The number of nitrogens with zero attached hydrogens (tertiary/aromatic N) is 2. The van der Waals surface area contributed by atoms with E-state index in [4.69, 9.17) is 0 Å². The number of aryl methyl sites for hydroxylation is 1. The van der Waals surface area contributed by atoms with Crippen LogP contribution in [-0.4, -0.2) is 42.1 Å². The van der Waals surface area contributed by atoms with Gasteiger partial charge in [-0.1, -0.05) is 12.2 Å². The lowest BCUT2D eigenvalue weighted by atomic mass is 10.3. The van der Waals surface area contributed by atoms with Gasteiger partial charge in [-0.2, -0.15) is 9.40 Å². The number of nitrogens with one attached hydrogen (secondary N) is 2. The van der Waals surface area contributed by atoms with Crippen molar-refractivity contribution < 1.29 is 8.42 Å². The van der Waals surface area contributed by atoms with Gasteiger partial charge in [-0.15, -0.1) is 0 Å². The van der Waals surface area contributed by atoms with Crippen molar-refractivity contribution in [3.05, 3.63) is 23.5 Å². The minimum atomic E-state index is -3.46. The lowest BCUT2D eigenvalue weighted by molar-refractivity contribution is 0.436. The number of hydrogen-bond donors (Lipinski definition) is 2. The van der Waals surface area contributed by atoms with Crippen LogP contribution in [0, 0.1) is 6.92 Å². The number of H-pyrrole nitrogens is 1. The zero-order valence-corrected chi connectivity index (χ0v) is 12.4. The van der Waals surface area contributed by atoms with E-state index < -0.39 is 10.0 Å². The van der Waals surface area contributed by atoms with Crippen LogP contribution in [0.3, 0.4) is 0 Å². The molecule has 6 nitrogen and oxygen atoms in total. The van der Waals surface area contributed by atoms with Crippen LogP contribution in [0.4, 0.5) is 0 Å². The number of sulfonamides is 1. The molecule has 1 saturated carbocycles. The fraction of sp³-hybridized carbons (Fsp3) is 0.615. The fourth-order valence-corrected chi connectivity index (χ4v) is 4.16. The van der Waals surface area contributed by atoms with E-state index in [2.05, 4.69) is 15.5 Å². The van der Waals surface area contributed by atoms with Crippen LogP contribution in [0.1, 0.15) is 30.7 Å². The minimum Gasteiger partial charge on any atom is -0.308 e. The molecule has 20 heavy (non-hydrogen) atoms. The maximum Gasteiger partial charge on any atom is 0.247 e. The lowest BCUT2D eigenvalue weighted by Gasteiger charge is -2.23. The Bertz CT molecular complexity index is 616. The normalized spacial score (nSPS) is 20.4. The highest BCUT2D eigenvalue weighted by molar-refractivity contribution is 7.89. The summed E-state index contributed by atoms with van der Waals surface area (Å²) >= 11 is 0. The van der Waals surface area contributed by atoms with Crippen LogP contribution in [0.25, 0.3) is 0 Å². The van der Waals surface area contributed by atoms with Gasteiger partial charge < -0.3 is 5.32 Å². The predicted octanol–water partition coefficient (Wildman–Crippen LogP) is 0.921. The highest BCUT2D eigenvalue weighted by atomic mass is 32.2. The van der Waals surface area contributed by atoms with Crippen LogP contribution in [0.15, 0.2) is 17.0 Å². The molecule has 2 N–H and O–H groups in total. The highest BCUT2D eigenvalue weighted by Crippen LogP contribution is 2.25. The molecule has 1 fully saturated rings. The van der Waals surface area contributed by atoms with Gasteiger partial charge in [0.25, 0.3) is 0 Å². The van der Waals surface area contributed by atoms with Crippen LogP contribution >= 0.6 is 0 Å². The van der Waals surface area contributed by atoms with Crippen LogP contribution in [0.2, 0.25) is 0 Å². The summed E-state index contributed by atoms with van der Waals surface area (Å²) in [6.45, 7) is 3.26. The molecule has 1 aliphatic carbocycles. The maximum absolute atomic E-state index is 12.8. The predicted molar refractivity (Wildman–Crippen MR) is 75.7 cm³/mol. The van der Waals surface area contributed by atoms with Crippen molar-refractivity contribution in [1.29, 1.82) is 0 Å². The van der Waals surface area contributed by atoms with Crippen molar-refractivity contribution in [3.63, 3.8) is 0 Å². The van der Waals surface area contributed by atoms with Gasteiger partial charge in [0.15, 0.2) is 0 Å². The Kier molecular flexibility index (Phi) is 3.66. The third kappa shape index (κ3) is 2.65. The van der Waals surface area contributed by atoms with Gasteiger partial charge in [-0.3, -0.25) is 5.10 Å². The molecular formula is C13H20N4O2S. The van der Waals surface area contributed by atoms with Crippen LogP contribution in [0.5, 0.6) is 0 Å². The molecule has 1 aromatic rings. The van der Waals surface area contributed by atoms with E-state index in [1.54, 1.807) is 6.92 Å². The van der Waals surface area contributed by atoms with Crippen molar-refractivity contribution >= 4 is 10.0 Å². The quantitative estimate of drug-likeness (QED) is 0.792. The van der Waals surface area contributed by atoms with Gasteiger partial charge in [0.1, 0.15) is 4.90 Å². The molecule has 2 aliphatic rings. The summed E-state index contributed by atoms with van der Waals surface area (Å²) in [5, 5.41) is 10.3. The number of rotatable bonds is 5. The van der Waals surface area contributed by atoms with E-state index in [1.165, 1.54) is 17.1 Å². The van der Waals surface area contributed by atoms with Gasteiger partial charge in [0, 0.05) is 25.7 Å². The summed E-state index contributed by atoms with van der Waals surface area (Å²) in [6, 6.07) is 0.528. The van der Waals surface area contributed by atoms with Gasteiger partial charge >= 0.3 is 0 Å². The summed E-state index contributed by atoms with van der Waals surface area (Å²) in [7, 11) is -3.46. The molecule has 1 aliphatic heterocycles. The monoisotopic (exact) mass is 296 g/mol. The molecule has 0 bridgehead atoms. The van der Waals surface area contributed by atoms with E-state index >= 15 is 0 Å². The molecule has 0 amide bonds. The SMILES string of the molecule is Cc1[nH]nc(CNC2CC2)c1S(=O)(=O)N1CC=CCC1. The van der Waals surface area contributed by atoms with Gasteiger partial charge in [-0.05, 0) is 26.2 Å². The average Bonchev–Trinajstić information content (AvgIpc) is 3.20. The maximum atomic E-state index is 12.8. The first-order chi connectivity index (χ1) is 9.59. The van der Waals surface area contributed by atoms with Crippen LogP contribution < -0.4 is 5.32 Å².